The molecule has 2 fully saturated rings. The van der Waals surface area contributed by atoms with Gasteiger partial charge >= 0.3 is 0 Å². The van der Waals surface area contributed by atoms with E-state index in [4.69, 9.17) is 4.74 Å². The van der Waals surface area contributed by atoms with Crippen molar-refractivity contribution in [1.82, 2.24) is 0 Å². The smallest absolute Gasteiger partial charge is 0.194 e. The molecule has 0 N–H and O–H groups in total. The standard InChI is InChI=1S/C18H22BrF3O/c1-10-9-23-17(8-14(10)19)12-4-2-11(3-5-12)13-6-15(20)18(22)16(21)7-13/h6-7,10-12,14,17H,2-5,8-9H2,1H3. The summed E-state index contributed by atoms with van der Waals surface area (Å²) in [7, 11) is 0. The summed E-state index contributed by atoms with van der Waals surface area (Å²) in [6.45, 7) is 2.97. The van der Waals surface area contributed by atoms with Crippen molar-refractivity contribution in [2.75, 3.05) is 6.61 Å². The molecule has 0 aromatic heterocycles. The molecule has 1 aromatic carbocycles. The minimum atomic E-state index is -1.38. The van der Waals surface area contributed by atoms with Crippen molar-refractivity contribution in [3.63, 3.8) is 0 Å². The van der Waals surface area contributed by atoms with Crippen molar-refractivity contribution in [2.24, 2.45) is 11.8 Å². The predicted octanol–water partition coefficient (Wildman–Crippen LogP) is 5.57. The molecule has 3 rings (SSSR count). The molecule has 0 radical (unpaired) electrons. The highest BCUT2D eigenvalue weighted by Crippen LogP contribution is 2.41. The lowest BCUT2D eigenvalue weighted by Crippen LogP contribution is -2.38. The topological polar surface area (TPSA) is 9.23 Å². The van der Waals surface area contributed by atoms with Crippen LogP contribution in [0, 0.1) is 29.3 Å². The summed E-state index contributed by atoms with van der Waals surface area (Å²) >= 11 is 3.73. The van der Waals surface area contributed by atoms with Crippen LogP contribution in [0.5, 0.6) is 0 Å². The maximum absolute atomic E-state index is 13.4. The molecule has 0 bridgehead atoms. The number of halogens is 4. The molecule has 5 heteroatoms. The first-order chi connectivity index (χ1) is 11.0. The molecule has 23 heavy (non-hydrogen) atoms. The van der Waals surface area contributed by atoms with Crippen molar-refractivity contribution in [1.29, 1.82) is 0 Å². The van der Waals surface area contributed by atoms with Gasteiger partial charge in [0.25, 0.3) is 0 Å². The summed E-state index contributed by atoms with van der Waals surface area (Å²) in [5, 5.41) is 0. The van der Waals surface area contributed by atoms with Crippen LogP contribution in [0.25, 0.3) is 0 Å². The Morgan fingerprint density at radius 2 is 1.65 bits per heavy atom. The predicted molar refractivity (Wildman–Crippen MR) is 87.3 cm³/mol. The molecule has 1 aliphatic heterocycles. The van der Waals surface area contributed by atoms with E-state index in [1.165, 1.54) is 0 Å². The summed E-state index contributed by atoms with van der Waals surface area (Å²) in [4.78, 5) is 0.499. The van der Waals surface area contributed by atoms with E-state index in [9.17, 15) is 13.2 Å². The van der Waals surface area contributed by atoms with Crippen LogP contribution in [0.4, 0.5) is 13.2 Å². The summed E-state index contributed by atoms with van der Waals surface area (Å²) in [6, 6.07) is 2.30. The lowest BCUT2D eigenvalue weighted by molar-refractivity contribution is -0.0485. The van der Waals surface area contributed by atoms with E-state index in [2.05, 4.69) is 22.9 Å². The van der Waals surface area contributed by atoms with Crippen LogP contribution in [0.1, 0.15) is 50.5 Å². The summed E-state index contributed by atoms with van der Waals surface area (Å²) in [5.41, 5.74) is 0.580. The van der Waals surface area contributed by atoms with Crippen LogP contribution in [0.2, 0.25) is 0 Å². The Morgan fingerprint density at radius 1 is 1.04 bits per heavy atom. The first-order valence-corrected chi connectivity index (χ1v) is 9.27. The monoisotopic (exact) mass is 390 g/mol. The molecule has 128 valence electrons. The Balaban J connectivity index is 1.60. The third kappa shape index (κ3) is 3.76. The molecule has 1 aromatic rings. The average Bonchev–Trinajstić information content (AvgIpc) is 2.55. The quantitative estimate of drug-likeness (QED) is 0.473. The van der Waals surface area contributed by atoms with Gasteiger partial charge in [0.15, 0.2) is 17.5 Å². The second kappa shape index (κ2) is 7.14. The molecule has 0 amide bonds. The molecule has 1 heterocycles. The molecular formula is C18H22BrF3O. The van der Waals surface area contributed by atoms with Gasteiger partial charge in [0.2, 0.25) is 0 Å². The fourth-order valence-corrected chi connectivity index (χ4v) is 4.39. The van der Waals surface area contributed by atoms with Crippen LogP contribution in [0.15, 0.2) is 12.1 Å². The van der Waals surface area contributed by atoms with Crippen LogP contribution < -0.4 is 0 Å². The minimum Gasteiger partial charge on any atom is -0.378 e. The van der Waals surface area contributed by atoms with Gasteiger partial charge in [-0.15, -0.1) is 0 Å². The number of hydrogen-bond donors (Lipinski definition) is 0. The molecule has 3 unspecified atom stereocenters. The third-order valence-electron chi connectivity index (χ3n) is 5.42. The molecule has 2 aliphatic rings. The first kappa shape index (κ1) is 17.3. The van der Waals surface area contributed by atoms with E-state index in [1.54, 1.807) is 0 Å². The summed E-state index contributed by atoms with van der Waals surface area (Å²) in [6.07, 6.45) is 5.03. The largest absolute Gasteiger partial charge is 0.378 e. The van der Waals surface area contributed by atoms with Crippen LogP contribution >= 0.6 is 15.9 Å². The van der Waals surface area contributed by atoms with E-state index < -0.39 is 17.5 Å². The summed E-state index contributed by atoms with van der Waals surface area (Å²) in [5.74, 6) is -2.40. The van der Waals surface area contributed by atoms with E-state index >= 15 is 0 Å². The zero-order chi connectivity index (χ0) is 16.6. The number of rotatable bonds is 2. The first-order valence-electron chi connectivity index (χ1n) is 8.35. The van der Waals surface area contributed by atoms with E-state index in [0.29, 0.717) is 22.2 Å². The Bertz CT molecular complexity index is 534. The van der Waals surface area contributed by atoms with E-state index in [1.807, 2.05) is 0 Å². The molecule has 1 aliphatic carbocycles. The van der Waals surface area contributed by atoms with Crippen LogP contribution in [-0.4, -0.2) is 17.5 Å². The molecule has 1 saturated heterocycles. The van der Waals surface area contributed by atoms with Gasteiger partial charge in [-0.25, -0.2) is 13.2 Å². The molecule has 3 atom stereocenters. The van der Waals surface area contributed by atoms with Gasteiger partial charge in [0.1, 0.15) is 0 Å². The Hall–Kier alpha value is -0.550. The zero-order valence-electron chi connectivity index (χ0n) is 13.2. The minimum absolute atomic E-state index is 0.109. The third-order valence-corrected chi connectivity index (χ3v) is 6.70. The molecule has 0 spiro atoms. The van der Waals surface area contributed by atoms with Gasteiger partial charge in [-0.2, -0.15) is 0 Å². The Kier molecular flexibility index (Phi) is 5.36. The number of alkyl halides is 1. The summed E-state index contributed by atoms with van der Waals surface area (Å²) < 4.78 is 45.9. The zero-order valence-corrected chi connectivity index (χ0v) is 14.8. The van der Waals surface area contributed by atoms with E-state index in [0.717, 1.165) is 50.8 Å². The Labute approximate surface area is 143 Å². The van der Waals surface area contributed by atoms with Crippen molar-refractivity contribution in [3.8, 4) is 0 Å². The van der Waals surface area contributed by atoms with Crippen molar-refractivity contribution >= 4 is 15.9 Å². The fraction of sp³-hybridized carbons (Fsp3) is 0.667. The maximum atomic E-state index is 13.4. The van der Waals surface area contributed by atoms with Gasteiger partial charge in [-0.1, -0.05) is 22.9 Å². The van der Waals surface area contributed by atoms with Crippen LogP contribution in [0.3, 0.4) is 0 Å². The lowest BCUT2D eigenvalue weighted by Gasteiger charge is -2.39. The SMILES string of the molecule is CC1COC(C2CCC(c3cc(F)c(F)c(F)c3)CC2)CC1Br. The van der Waals surface area contributed by atoms with Gasteiger partial charge in [-0.3, -0.25) is 0 Å². The maximum Gasteiger partial charge on any atom is 0.194 e. The fourth-order valence-electron chi connectivity index (χ4n) is 3.87. The second-order valence-electron chi connectivity index (χ2n) is 7.01. The lowest BCUT2D eigenvalue weighted by atomic mass is 9.75. The average molecular weight is 391 g/mol. The van der Waals surface area contributed by atoms with Crippen molar-refractivity contribution in [2.45, 2.75) is 55.9 Å². The van der Waals surface area contributed by atoms with Gasteiger partial charge in [-0.05, 0) is 67.6 Å². The highest BCUT2D eigenvalue weighted by atomic mass is 79.9. The van der Waals surface area contributed by atoms with Gasteiger partial charge < -0.3 is 4.74 Å². The van der Waals surface area contributed by atoms with Gasteiger partial charge in [0, 0.05) is 4.83 Å². The van der Waals surface area contributed by atoms with Gasteiger partial charge in [0.05, 0.1) is 12.7 Å². The molecule has 1 nitrogen and oxygen atoms in total. The van der Waals surface area contributed by atoms with Crippen molar-refractivity contribution < 1.29 is 17.9 Å². The van der Waals surface area contributed by atoms with E-state index in [-0.39, 0.29) is 12.0 Å². The van der Waals surface area contributed by atoms with Crippen LogP contribution in [-0.2, 0) is 4.74 Å². The normalized spacial score (nSPS) is 35.3. The number of benzene rings is 1. The Morgan fingerprint density at radius 3 is 2.22 bits per heavy atom. The highest BCUT2D eigenvalue weighted by molar-refractivity contribution is 9.09. The van der Waals surface area contributed by atoms with Crippen molar-refractivity contribution in [3.05, 3.63) is 35.1 Å². The molecule has 1 saturated carbocycles. The highest BCUT2D eigenvalue weighted by Gasteiger charge is 2.34. The number of hydrogen-bond acceptors (Lipinski definition) is 1. The number of ether oxygens (including phenoxy) is 1. The molecular weight excluding hydrogens is 369 g/mol. The second-order valence-corrected chi connectivity index (χ2v) is 8.19.